The quantitative estimate of drug-likeness (QED) is 0.263. The van der Waals surface area contributed by atoms with Crippen LogP contribution in [0.25, 0.3) is 0 Å². The fourth-order valence-corrected chi connectivity index (χ4v) is 0.900. The average molecular weight is 307 g/mol. The Bertz CT molecular complexity index is 304. The molecule has 0 atom stereocenters. The molecule has 0 unspecified atom stereocenters. The van der Waals surface area contributed by atoms with Crippen molar-refractivity contribution in [3.05, 3.63) is 11.6 Å². The summed E-state index contributed by atoms with van der Waals surface area (Å²) in [5.74, 6) is 0.879. The van der Waals surface area contributed by atoms with Gasteiger partial charge in [-0.05, 0) is 6.92 Å². The molecule has 0 spiro atoms. The predicted octanol–water partition coefficient (Wildman–Crippen LogP) is 4.40. The van der Waals surface area contributed by atoms with Crippen molar-refractivity contribution in [2.45, 2.75) is 6.92 Å². The van der Waals surface area contributed by atoms with Crippen LogP contribution in [0.2, 0.25) is 0 Å². The number of nitrogens with one attached hydrogen (secondary N) is 1. The summed E-state index contributed by atoms with van der Waals surface area (Å²) in [6.07, 6.45) is 0. The summed E-state index contributed by atoms with van der Waals surface area (Å²) in [5, 5.41) is 3.64. The van der Waals surface area contributed by atoms with E-state index in [2.05, 4.69) is 11.9 Å². The fraction of sp³-hybridized carbons (Fsp3) is 0.571. The van der Waals surface area contributed by atoms with Gasteiger partial charge in [-0.1, -0.05) is 18.2 Å². The summed E-state index contributed by atoms with van der Waals surface area (Å²) in [7, 11) is -6.81. The Hall–Kier alpha value is -0.490. The molecule has 10 heteroatoms. The van der Waals surface area contributed by atoms with Gasteiger partial charge >= 0.3 is 33.0 Å². The molecule has 106 valence electrons. The zero-order valence-electron chi connectivity index (χ0n) is 9.45. The van der Waals surface area contributed by atoms with Crippen molar-refractivity contribution in [3.63, 3.8) is 0 Å². The Labute approximate surface area is 100 Å². The van der Waals surface area contributed by atoms with E-state index in [4.69, 9.17) is 11.6 Å². The number of halogens is 7. The van der Waals surface area contributed by atoms with Crippen LogP contribution in [0.3, 0.4) is 0 Å². The van der Waals surface area contributed by atoms with Gasteiger partial charge in [0.25, 0.3) is 5.84 Å². The van der Waals surface area contributed by atoms with E-state index < -0.39 is 7.81 Å². The molecule has 1 N–H and O–H groups in total. The molecule has 0 aliphatic rings. The third-order valence-corrected chi connectivity index (χ3v) is 1.23. The molecule has 0 aliphatic heterocycles. The first kappa shape index (κ1) is 18.9. The van der Waals surface area contributed by atoms with E-state index in [-0.39, 0.29) is 0 Å². The van der Waals surface area contributed by atoms with Crippen molar-refractivity contribution in [1.82, 2.24) is 5.32 Å². The Balaban J connectivity index is 0. The molecule has 0 saturated carbocycles. The molecule has 17 heavy (non-hydrogen) atoms. The summed E-state index contributed by atoms with van der Waals surface area (Å²) >= 11 is 5.68. The maximum absolute atomic E-state index is 10.7. The van der Waals surface area contributed by atoms with Gasteiger partial charge < -0.3 is 0 Å². The summed E-state index contributed by atoms with van der Waals surface area (Å²) in [6, 6.07) is 0. The second kappa shape index (κ2) is 5.02. The molecule has 0 bridgehead atoms. The third kappa shape index (κ3) is 25.6. The zero-order chi connectivity index (χ0) is 14.6. The van der Waals surface area contributed by atoms with Crippen molar-refractivity contribution in [3.8, 4) is 0 Å². The maximum atomic E-state index is 9.87. The number of rotatable bonds is 2. The van der Waals surface area contributed by atoms with Gasteiger partial charge in [0, 0.05) is 0 Å². The Kier molecular flexibility index (Phi) is 5.57. The van der Waals surface area contributed by atoms with E-state index in [9.17, 15) is 25.2 Å². The fourth-order valence-electron chi connectivity index (χ4n) is 0.664. The summed E-state index contributed by atoms with van der Waals surface area (Å²) in [6.45, 7) is 6.50. The summed E-state index contributed by atoms with van der Waals surface area (Å²) < 4.78 is 61.1. The van der Waals surface area contributed by atoms with Crippen LogP contribution < -0.4 is 5.32 Å². The molecule has 2 nitrogen and oxygen atoms in total. The van der Waals surface area contributed by atoms with E-state index in [0.29, 0.717) is 5.03 Å². The van der Waals surface area contributed by atoms with Crippen LogP contribution in [0.5, 0.6) is 0 Å². The molecule has 0 aromatic rings. The first-order valence-corrected chi connectivity index (χ1v) is 6.64. The number of hydrogen-bond acceptors (Lipinski definition) is 0. The van der Waals surface area contributed by atoms with Crippen molar-refractivity contribution in [2.24, 2.45) is 0 Å². The normalized spacial score (nSPS) is 14.7. The number of amidine groups is 1. The average Bonchev–Trinajstić information content (AvgIpc) is 1.92. The Morgan fingerprint density at radius 3 is 1.53 bits per heavy atom. The predicted molar refractivity (Wildman–Crippen MR) is 59.4 cm³/mol. The van der Waals surface area contributed by atoms with Gasteiger partial charge in [0.05, 0.1) is 20.6 Å². The number of hydrogen-bond donors (Lipinski definition) is 1. The standard InChI is InChI=1S/C7H13ClN2.F6P/c1-5-9-7(6(2)8)10(3)4;1-7(2,3,4,5)6/h2,5H2,1,3-4H3;/q;-1/p+1. The van der Waals surface area contributed by atoms with Crippen molar-refractivity contribution in [1.29, 1.82) is 0 Å². The molecule has 0 aliphatic carbocycles. The molecular formula is C7H14ClF6N2P. The first-order chi connectivity index (χ1) is 7.04. The second-order valence-corrected chi connectivity index (χ2v) is 5.51. The molecule has 0 heterocycles. The van der Waals surface area contributed by atoms with Crippen LogP contribution in [0.1, 0.15) is 6.92 Å². The summed E-state index contributed by atoms with van der Waals surface area (Å²) in [4.78, 5) is 0. The van der Waals surface area contributed by atoms with Crippen LogP contribution in [0, 0.1) is 0 Å². The van der Waals surface area contributed by atoms with Gasteiger partial charge in [0.1, 0.15) is 5.03 Å². The topological polar surface area (TPSA) is 15.0 Å². The van der Waals surface area contributed by atoms with E-state index in [1.807, 2.05) is 25.6 Å². The molecule has 0 saturated heterocycles. The summed E-state index contributed by atoms with van der Waals surface area (Å²) in [5.41, 5.74) is 0. The molecule has 0 radical (unpaired) electrons. The van der Waals surface area contributed by atoms with E-state index >= 15 is 0 Å². The van der Waals surface area contributed by atoms with Crippen molar-refractivity contribution in [2.75, 3.05) is 20.6 Å². The zero-order valence-corrected chi connectivity index (χ0v) is 11.1. The van der Waals surface area contributed by atoms with Crippen LogP contribution in [0.4, 0.5) is 25.2 Å². The van der Waals surface area contributed by atoms with Crippen molar-refractivity contribution < 1.29 is 29.8 Å². The van der Waals surface area contributed by atoms with Gasteiger partial charge in [-0.15, -0.1) is 0 Å². The Morgan fingerprint density at radius 2 is 1.47 bits per heavy atom. The molecule has 0 rings (SSSR count). The molecule has 0 fully saturated rings. The minimum atomic E-state index is -10.7. The number of likely N-dealkylation sites (N-methyl/N-ethyl adjacent to an activating group) is 1. The molecule has 0 amide bonds. The van der Waals surface area contributed by atoms with Gasteiger partial charge in [-0.2, -0.15) is 0 Å². The van der Waals surface area contributed by atoms with E-state index in [0.717, 1.165) is 12.4 Å². The number of nitrogens with zero attached hydrogens (tertiary/aromatic N) is 1. The molecular weight excluding hydrogens is 293 g/mol. The van der Waals surface area contributed by atoms with Gasteiger partial charge in [-0.25, -0.2) is 0 Å². The SMILES string of the molecule is C=C(Cl)C(NCC)=[N+](C)C.F[P-](F)(F)(F)(F)F. The van der Waals surface area contributed by atoms with E-state index in [1.165, 1.54) is 0 Å². The van der Waals surface area contributed by atoms with Gasteiger partial charge in [0.2, 0.25) is 0 Å². The molecule has 0 aromatic heterocycles. The van der Waals surface area contributed by atoms with Gasteiger partial charge in [0.15, 0.2) is 0 Å². The van der Waals surface area contributed by atoms with Crippen LogP contribution >= 0.6 is 19.4 Å². The van der Waals surface area contributed by atoms with Crippen LogP contribution in [-0.4, -0.2) is 31.1 Å². The van der Waals surface area contributed by atoms with Crippen LogP contribution in [0.15, 0.2) is 11.6 Å². The second-order valence-electron chi connectivity index (χ2n) is 3.14. The van der Waals surface area contributed by atoms with Crippen molar-refractivity contribution >= 4 is 25.2 Å². The van der Waals surface area contributed by atoms with Gasteiger partial charge in [-0.3, -0.25) is 9.89 Å². The molecule has 0 aromatic carbocycles. The van der Waals surface area contributed by atoms with E-state index in [1.54, 1.807) is 0 Å². The third-order valence-electron chi connectivity index (χ3n) is 1.05. The monoisotopic (exact) mass is 306 g/mol. The van der Waals surface area contributed by atoms with Crippen LogP contribution in [-0.2, 0) is 0 Å². The Morgan fingerprint density at radius 1 is 1.18 bits per heavy atom. The minimum absolute atomic E-state index is 0.548. The first-order valence-electron chi connectivity index (χ1n) is 4.24.